The molecule has 1 aromatic rings. The summed E-state index contributed by atoms with van der Waals surface area (Å²) in [5.74, 6) is 0. The van der Waals surface area contributed by atoms with E-state index >= 15 is 0 Å². The number of imidazole rings is 1. The van der Waals surface area contributed by atoms with Crippen LogP contribution in [-0.4, -0.2) is 32.1 Å². The van der Waals surface area contributed by atoms with Crippen LogP contribution in [0.3, 0.4) is 0 Å². The second kappa shape index (κ2) is 4.61. The summed E-state index contributed by atoms with van der Waals surface area (Å²) in [7, 11) is 1.97. The third-order valence-corrected chi connectivity index (χ3v) is 1.44. The molecule has 2 nitrogen and oxygen atoms in total. The Bertz CT molecular complexity index is 155. The first-order valence-corrected chi connectivity index (χ1v) is 3.91. The molecule has 0 aliphatic heterocycles. The first-order chi connectivity index (χ1) is 4.29. The van der Waals surface area contributed by atoms with Gasteiger partial charge in [-0.2, -0.15) is 0 Å². The Morgan fingerprint density at radius 3 is 2.33 bits per heavy atom. The van der Waals surface area contributed by atoms with E-state index in [4.69, 9.17) is 0 Å². The van der Waals surface area contributed by atoms with Gasteiger partial charge < -0.3 is 0 Å². The van der Waals surface area contributed by atoms with Crippen LogP contribution in [0.25, 0.3) is 0 Å². The van der Waals surface area contributed by atoms with E-state index in [2.05, 4.69) is 18.1 Å². The third kappa shape index (κ3) is 3.35. The van der Waals surface area contributed by atoms with Gasteiger partial charge in [0, 0.05) is 0 Å². The minimum atomic E-state index is 1.16. The molecule has 0 amide bonds. The van der Waals surface area contributed by atoms with E-state index in [1.807, 2.05) is 24.1 Å². The van der Waals surface area contributed by atoms with Crippen LogP contribution in [0.2, 0.25) is 0 Å². The predicted molar refractivity (Wildman–Crippen MR) is 39.9 cm³/mol. The molecule has 0 aliphatic rings. The van der Waals surface area contributed by atoms with Crippen LogP contribution in [0.5, 0.6) is 0 Å². The number of rotatable bonds is 0. The van der Waals surface area contributed by atoms with Crippen molar-refractivity contribution < 1.29 is 0 Å². The second-order valence-electron chi connectivity index (χ2n) is 1.42. The first-order valence-electron chi connectivity index (χ1n) is 2.48. The van der Waals surface area contributed by atoms with Gasteiger partial charge in [0.05, 0.1) is 0 Å². The van der Waals surface area contributed by atoms with Crippen LogP contribution >= 0.6 is 0 Å². The molecular formula is C6H9N2Sn. The topological polar surface area (TPSA) is 17.8 Å². The van der Waals surface area contributed by atoms with Crippen LogP contribution in [0.1, 0.15) is 0 Å². The average Bonchev–Trinajstić information content (AvgIpc) is 2.20. The quantitative estimate of drug-likeness (QED) is 0.452. The van der Waals surface area contributed by atoms with Crippen LogP contribution in [0, 0.1) is 0 Å². The van der Waals surface area contributed by atoms with E-state index in [0.29, 0.717) is 0 Å². The molecule has 0 saturated heterocycles. The molecule has 0 atom stereocenters. The summed E-state index contributed by atoms with van der Waals surface area (Å²) < 4.78 is 3.11. The molecule has 1 aromatic heterocycles. The Morgan fingerprint density at radius 1 is 1.67 bits per heavy atom. The number of hydrogen-bond donors (Lipinski definition) is 0. The number of hydrogen-bond acceptors (Lipinski definition) is 1. The van der Waals surface area contributed by atoms with Crippen LogP contribution < -0.4 is 3.71 Å². The second-order valence-corrected chi connectivity index (χ2v) is 2.89. The molecule has 47 valence electrons. The Morgan fingerprint density at radius 2 is 2.22 bits per heavy atom. The molecule has 0 fully saturated rings. The van der Waals surface area contributed by atoms with Gasteiger partial charge in [-0.25, -0.2) is 0 Å². The molecule has 0 N–H and O–H groups in total. The molecule has 0 bridgehead atoms. The van der Waals surface area contributed by atoms with Crippen molar-refractivity contribution in [3.05, 3.63) is 25.7 Å². The molecule has 3 heteroatoms. The minimum absolute atomic E-state index is 1.16. The molecule has 1 heterocycles. The van der Waals surface area contributed by atoms with Gasteiger partial charge in [0.1, 0.15) is 0 Å². The van der Waals surface area contributed by atoms with Crippen molar-refractivity contribution >= 4 is 26.2 Å². The average molecular weight is 228 g/mol. The van der Waals surface area contributed by atoms with Crippen LogP contribution in [0.15, 0.2) is 25.7 Å². The van der Waals surface area contributed by atoms with Gasteiger partial charge in [-0.1, -0.05) is 0 Å². The monoisotopic (exact) mass is 229 g/mol. The molecular weight excluding hydrogens is 219 g/mol. The molecule has 0 saturated carbocycles. The third-order valence-electron chi connectivity index (χ3n) is 0.705. The van der Waals surface area contributed by atoms with E-state index in [-0.39, 0.29) is 0 Å². The summed E-state index contributed by atoms with van der Waals surface area (Å²) in [6, 6.07) is 0. The van der Waals surface area contributed by atoms with Crippen molar-refractivity contribution in [1.29, 1.82) is 0 Å². The van der Waals surface area contributed by atoms with Gasteiger partial charge >= 0.3 is 55.4 Å². The van der Waals surface area contributed by atoms with Crippen molar-refractivity contribution in [2.75, 3.05) is 0 Å². The fourth-order valence-electron chi connectivity index (χ4n) is 0.413. The standard InChI is InChI=1S/C4H5N2.C2H4.Sn/c1-6-3-2-5-4-6;1-2;/h3-4H,1H3;1-2H2;. The Hall–Kier alpha value is -0.251. The van der Waals surface area contributed by atoms with Crippen molar-refractivity contribution in [2.45, 2.75) is 0 Å². The SMILES string of the molecule is C=C.Cn1cn[c]([Sn])c1. The number of nitrogens with zero attached hydrogens (tertiary/aromatic N) is 2. The van der Waals surface area contributed by atoms with E-state index in [1.165, 1.54) is 22.5 Å². The Labute approximate surface area is 68.7 Å². The zero-order chi connectivity index (χ0) is 7.28. The van der Waals surface area contributed by atoms with Gasteiger partial charge in [0.2, 0.25) is 0 Å². The van der Waals surface area contributed by atoms with E-state index < -0.39 is 0 Å². The molecule has 3 radical (unpaired) electrons. The van der Waals surface area contributed by atoms with Gasteiger partial charge in [-0.3, -0.25) is 0 Å². The summed E-state index contributed by atoms with van der Waals surface area (Å²) in [4.78, 5) is 4.02. The van der Waals surface area contributed by atoms with E-state index in [1.54, 1.807) is 0 Å². The maximum absolute atomic E-state index is 4.02. The Kier molecular flexibility index (Phi) is 4.48. The molecule has 1 rings (SSSR count). The fraction of sp³-hybridized carbons (Fsp3) is 0.167. The van der Waals surface area contributed by atoms with Crippen molar-refractivity contribution in [3.63, 3.8) is 0 Å². The predicted octanol–water partition coefficient (Wildman–Crippen LogP) is 0.0161. The number of aryl methyl sites for hydroxylation is 1. The zero-order valence-electron chi connectivity index (χ0n) is 5.46. The van der Waals surface area contributed by atoms with Crippen LogP contribution in [0.4, 0.5) is 0 Å². The van der Waals surface area contributed by atoms with Crippen molar-refractivity contribution in [3.8, 4) is 0 Å². The van der Waals surface area contributed by atoms with E-state index in [0.717, 1.165) is 3.71 Å². The van der Waals surface area contributed by atoms with Crippen LogP contribution in [-0.2, 0) is 7.05 Å². The number of aromatic nitrogens is 2. The molecule has 0 unspecified atom stereocenters. The summed E-state index contributed by atoms with van der Waals surface area (Å²) in [6.07, 6.45) is 3.82. The maximum atomic E-state index is 4.02. The van der Waals surface area contributed by atoms with Gasteiger partial charge in [-0.15, -0.1) is 13.2 Å². The molecule has 0 aromatic carbocycles. The molecule has 9 heavy (non-hydrogen) atoms. The van der Waals surface area contributed by atoms with Gasteiger partial charge in [0.25, 0.3) is 0 Å². The first kappa shape index (κ1) is 8.75. The summed E-state index contributed by atoms with van der Waals surface area (Å²) in [5.41, 5.74) is 0. The van der Waals surface area contributed by atoms with Gasteiger partial charge in [0.15, 0.2) is 0 Å². The summed E-state index contributed by atoms with van der Waals surface area (Å²) in [5, 5.41) is 0. The normalized spacial score (nSPS) is 7.78. The molecule has 0 aliphatic carbocycles. The van der Waals surface area contributed by atoms with E-state index in [9.17, 15) is 0 Å². The molecule has 0 spiro atoms. The summed E-state index contributed by atoms with van der Waals surface area (Å²) >= 11 is 1.38. The fourth-order valence-corrected chi connectivity index (χ4v) is 1.16. The Balaban J connectivity index is 0.000000291. The van der Waals surface area contributed by atoms with Gasteiger partial charge in [-0.05, 0) is 0 Å². The zero-order valence-corrected chi connectivity index (χ0v) is 8.32. The van der Waals surface area contributed by atoms with Crippen molar-refractivity contribution in [2.24, 2.45) is 7.05 Å². The summed E-state index contributed by atoms with van der Waals surface area (Å²) in [6.45, 7) is 6.00. The van der Waals surface area contributed by atoms with Crippen molar-refractivity contribution in [1.82, 2.24) is 9.55 Å².